The molecular weight excluding hydrogens is 220 g/mol. The first kappa shape index (κ1) is 15.6. The lowest BCUT2D eigenvalue weighted by atomic mass is 10.1. The summed E-state index contributed by atoms with van der Waals surface area (Å²) >= 11 is 0. The predicted octanol–water partition coefficient (Wildman–Crippen LogP) is 0.995. The van der Waals surface area contributed by atoms with Crippen LogP contribution in [0.5, 0.6) is 0 Å². The number of hydrogen-bond donors (Lipinski definition) is 2. The molecule has 0 aliphatic rings. The van der Waals surface area contributed by atoms with Crippen molar-refractivity contribution in [3.05, 3.63) is 12.7 Å². The van der Waals surface area contributed by atoms with Crippen molar-refractivity contribution in [3.8, 4) is 0 Å². The van der Waals surface area contributed by atoms with Crippen LogP contribution in [0.3, 0.4) is 0 Å². The SMILES string of the molecule is C=CCN(CC(=O)O)C(=O)CCCCCCN. The van der Waals surface area contributed by atoms with Gasteiger partial charge in [-0.15, -0.1) is 6.58 Å². The summed E-state index contributed by atoms with van der Waals surface area (Å²) in [5.74, 6) is -1.12. The van der Waals surface area contributed by atoms with E-state index in [1.165, 1.54) is 11.0 Å². The second kappa shape index (κ2) is 9.84. The van der Waals surface area contributed by atoms with E-state index in [9.17, 15) is 9.59 Å². The van der Waals surface area contributed by atoms with E-state index >= 15 is 0 Å². The molecule has 0 heterocycles. The second-order valence-electron chi connectivity index (χ2n) is 3.91. The molecule has 0 saturated heterocycles. The van der Waals surface area contributed by atoms with Crippen LogP contribution in [0.1, 0.15) is 32.1 Å². The number of amides is 1. The summed E-state index contributed by atoms with van der Waals surface area (Å²) in [4.78, 5) is 23.6. The molecule has 0 rings (SSSR count). The van der Waals surface area contributed by atoms with Crippen LogP contribution in [0.25, 0.3) is 0 Å². The Balaban J connectivity index is 3.88. The van der Waals surface area contributed by atoms with Crippen LogP contribution in [0, 0.1) is 0 Å². The lowest BCUT2D eigenvalue weighted by molar-refractivity contribution is -0.144. The number of hydrogen-bond acceptors (Lipinski definition) is 3. The number of carboxylic acids is 1. The minimum atomic E-state index is -0.997. The van der Waals surface area contributed by atoms with Crippen molar-refractivity contribution in [1.82, 2.24) is 4.90 Å². The third-order valence-corrected chi connectivity index (χ3v) is 2.37. The third-order valence-electron chi connectivity index (χ3n) is 2.37. The molecule has 0 aliphatic carbocycles. The maximum Gasteiger partial charge on any atom is 0.323 e. The van der Waals surface area contributed by atoms with Gasteiger partial charge in [-0.05, 0) is 19.4 Å². The van der Waals surface area contributed by atoms with Gasteiger partial charge in [-0.25, -0.2) is 0 Å². The molecule has 0 saturated carbocycles. The molecule has 0 spiro atoms. The maximum absolute atomic E-state index is 11.7. The fraction of sp³-hybridized carbons (Fsp3) is 0.667. The average Bonchev–Trinajstić information content (AvgIpc) is 2.27. The lowest BCUT2D eigenvalue weighted by Gasteiger charge is -2.18. The van der Waals surface area contributed by atoms with Crippen molar-refractivity contribution in [2.24, 2.45) is 5.73 Å². The van der Waals surface area contributed by atoms with E-state index in [1.54, 1.807) is 0 Å². The monoisotopic (exact) mass is 242 g/mol. The number of carbonyl (C=O) groups is 2. The van der Waals surface area contributed by atoms with Crippen molar-refractivity contribution in [2.45, 2.75) is 32.1 Å². The van der Waals surface area contributed by atoms with Crippen molar-refractivity contribution in [3.63, 3.8) is 0 Å². The Kier molecular flexibility index (Phi) is 9.05. The highest BCUT2D eigenvalue weighted by molar-refractivity contribution is 5.81. The average molecular weight is 242 g/mol. The smallest absolute Gasteiger partial charge is 0.323 e. The zero-order valence-corrected chi connectivity index (χ0v) is 10.2. The van der Waals surface area contributed by atoms with Gasteiger partial charge in [-0.3, -0.25) is 9.59 Å². The minimum Gasteiger partial charge on any atom is -0.480 e. The standard InChI is InChI=1S/C12H22N2O3/c1-2-9-14(10-12(16)17)11(15)7-5-3-4-6-8-13/h2H,1,3-10,13H2,(H,16,17). The quantitative estimate of drug-likeness (QED) is 0.442. The van der Waals surface area contributed by atoms with Gasteiger partial charge >= 0.3 is 5.97 Å². The lowest BCUT2D eigenvalue weighted by Crippen LogP contribution is -2.35. The molecule has 0 aromatic heterocycles. The number of rotatable bonds is 10. The van der Waals surface area contributed by atoms with Crippen molar-refractivity contribution in [1.29, 1.82) is 0 Å². The van der Waals surface area contributed by atoms with Crippen LogP contribution in [0.4, 0.5) is 0 Å². The van der Waals surface area contributed by atoms with Gasteiger partial charge in [0.05, 0.1) is 0 Å². The maximum atomic E-state index is 11.7. The molecule has 1 amide bonds. The molecule has 5 nitrogen and oxygen atoms in total. The van der Waals surface area contributed by atoms with E-state index in [-0.39, 0.29) is 19.0 Å². The molecule has 0 atom stereocenters. The van der Waals surface area contributed by atoms with Crippen molar-refractivity contribution < 1.29 is 14.7 Å². The molecule has 0 radical (unpaired) electrons. The van der Waals surface area contributed by atoms with Crippen LogP contribution in [0.2, 0.25) is 0 Å². The molecular formula is C12H22N2O3. The Morgan fingerprint density at radius 3 is 2.41 bits per heavy atom. The summed E-state index contributed by atoms with van der Waals surface area (Å²) in [5, 5.41) is 8.66. The summed E-state index contributed by atoms with van der Waals surface area (Å²) in [6.45, 7) is 4.22. The van der Waals surface area contributed by atoms with E-state index in [0.29, 0.717) is 13.0 Å². The zero-order chi connectivity index (χ0) is 13.1. The largest absolute Gasteiger partial charge is 0.480 e. The molecule has 0 aromatic rings. The number of unbranched alkanes of at least 4 members (excludes halogenated alkanes) is 3. The number of nitrogens with zero attached hydrogens (tertiary/aromatic N) is 1. The summed E-state index contributed by atoms with van der Waals surface area (Å²) < 4.78 is 0. The highest BCUT2D eigenvalue weighted by Gasteiger charge is 2.14. The molecule has 0 bridgehead atoms. The van der Waals surface area contributed by atoms with Gasteiger partial charge < -0.3 is 15.7 Å². The van der Waals surface area contributed by atoms with Gasteiger partial charge in [-0.1, -0.05) is 18.9 Å². The summed E-state index contributed by atoms with van der Waals surface area (Å²) in [5.41, 5.74) is 5.36. The fourth-order valence-electron chi connectivity index (χ4n) is 1.51. The molecule has 3 N–H and O–H groups in total. The highest BCUT2D eigenvalue weighted by Crippen LogP contribution is 2.05. The zero-order valence-electron chi connectivity index (χ0n) is 10.2. The summed E-state index contributed by atoms with van der Waals surface area (Å²) in [6.07, 6.45) is 5.66. The van der Waals surface area contributed by atoms with Gasteiger partial charge in [0.15, 0.2) is 0 Å². The molecule has 0 unspecified atom stereocenters. The van der Waals surface area contributed by atoms with E-state index < -0.39 is 5.97 Å². The minimum absolute atomic E-state index is 0.125. The number of nitrogens with two attached hydrogens (primary N) is 1. The number of carbonyl (C=O) groups excluding carboxylic acids is 1. The normalized spacial score (nSPS) is 9.94. The van der Waals surface area contributed by atoms with E-state index in [0.717, 1.165) is 25.7 Å². The van der Waals surface area contributed by atoms with E-state index in [2.05, 4.69) is 6.58 Å². The molecule has 5 heteroatoms. The van der Waals surface area contributed by atoms with Crippen molar-refractivity contribution in [2.75, 3.05) is 19.6 Å². The van der Waals surface area contributed by atoms with E-state index in [4.69, 9.17) is 10.8 Å². The van der Waals surface area contributed by atoms with Crippen LogP contribution < -0.4 is 5.73 Å². The van der Waals surface area contributed by atoms with Crippen molar-refractivity contribution >= 4 is 11.9 Å². The van der Waals surface area contributed by atoms with Crippen LogP contribution >= 0.6 is 0 Å². The molecule has 0 aliphatic heterocycles. The first-order valence-electron chi connectivity index (χ1n) is 5.92. The number of aliphatic carboxylic acids is 1. The molecule has 0 fully saturated rings. The van der Waals surface area contributed by atoms with Crippen LogP contribution in [0.15, 0.2) is 12.7 Å². The second-order valence-corrected chi connectivity index (χ2v) is 3.91. The number of carboxylic acid groups (broad SMARTS) is 1. The molecule has 98 valence electrons. The Morgan fingerprint density at radius 1 is 1.24 bits per heavy atom. The van der Waals surface area contributed by atoms with Gasteiger partial charge in [0.2, 0.25) is 5.91 Å². The van der Waals surface area contributed by atoms with Gasteiger partial charge in [0.25, 0.3) is 0 Å². The van der Waals surface area contributed by atoms with E-state index in [1.807, 2.05) is 0 Å². The third kappa shape index (κ3) is 8.45. The Hall–Kier alpha value is -1.36. The Bertz CT molecular complexity index is 254. The first-order valence-corrected chi connectivity index (χ1v) is 5.92. The topological polar surface area (TPSA) is 83.6 Å². The first-order chi connectivity index (χ1) is 8.11. The van der Waals surface area contributed by atoms with Gasteiger partial charge in [0.1, 0.15) is 6.54 Å². The molecule has 0 aromatic carbocycles. The van der Waals surface area contributed by atoms with Gasteiger partial charge in [0, 0.05) is 13.0 Å². The van der Waals surface area contributed by atoms with Crippen LogP contribution in [-0.2, 0) is 9.59 Å². The Morgan fingerprint density at radius 2 is 1.88 bits per heavy atom. The Labute approximate surface area is 102 Å². The summed E-state index contributed by atoms with van der Waals surface area (Å²) in [7, 11) is 0. The van der Waals surface area contributed by atoms with Crippen LogP contribution in [-0.4, -0.2) is 41.5 Å². The predicted molar refractivity (Wildman–Crippen MR) is 66.6 cm³/mol. The summed E-state index contributed by atoms with van der Waals surface area (Å²) in [6, 6.07) is 0. The van der Waals surface area contributed by atoms with Gasteiger partial charge in [-0.2, -0.15) is 0 Å². The fourth-order valence-corrected chi connectivity index (χ4v) is 1.51. The highest BCUT2D eigenvalue weighted by atomic mass is 16.4. The molecule has 17 heavy (non-hydrogen) atoms.